The number of nitrogens with two attached hydrogens (primary N) is 1. The summed E-state index contributed by atoms with van der Waals surface area (Å²) in [7, 11) is 0. The molecule has 2 N–H and O–H groups in total. The first-order chi connectivity index (χ1) is 8.24. The van der Waals surface area contributed by atoms with E-state index < -0.39 is 0 Å². The molecule has 0 bridgehead atoms. The SMILES string of the molecule is Nc1nc(-c2ccc(F)cn2)nc2c1CSC2. The summed E-state index contributed by atoms with van der Waals surface area (Å²) in [6.07, 6.45) is 1.15. The summed E-state index contributed by atoms with van der Waals surface area (Å²) in [6.45, 7) is 0. The van der Waals surface area contributed by atoms with E-state index in [1.165, 1.54) is 6.07 Å². The van der Waals surface area contributed by atoms with Crippen LogP contribution in [0, 0.1) is 5.82 Å². The molecule has 0 unspecified atom stereocenters. The lowest BCUT2D eigenvalue weighted by Gasteiger charge is -2.05. The van der Waals surface area contributed by atoms with Crippen molar-refractivity contribution in [3.63, 3.8) is 0 Å². The third-order valence-corrected chi connectivity index (χ3v) is 3.54. The molecular weight excluding hydrogens is 239 g/mol. The van der Waals surface area contributed by atoms with E-state index in [0.29, 0.717) is 17.3 Å². The maximum Gasteiger partial charge on any atom is 0.180 e. The van der Waals surface area contributed by atoms with Gasteiger partial charge in [0.2, 0.25) is 0 Å². The molecule has 86 valence electrons. The van der Waals surface area contributed by atoms with Gasteiger partial charge in [-0.15, -0.1) is 0 Å². The van der Waals surface area contributed by atoms with Crippen LogP contribution in [0.2, 0.25) is 0 Å². The standard InChI is InChI=1S/C11H9FN4S/c12-6-1-2-8(14-3-6)11-15-9-5-17-4-7(9)10(13)16-11/h1-3H,4-5H2,(H2,13,15,16). The average molecular weight is 248 g/mol. The smallest absolute Gasteiger partial charge is 0.180 e. The number of halogens is 1. The molecular formula is C11H9FN4S. The molecule has 2 aromatic rings. The van der Waals surface area contributed by atoms with Gasteiger partial charge >= 0.3 is 0 Å². The van der Waals surface area contributed by atoms with Gasteiger partial charge in [-0.2, -0.15) is 11.8 Å². The third-order valence-electron chi connectivity index (χ3n) is 2.57. The summed E-state index contributed by atoms with van der Waals surface area (Å²) >= 11 is 1.76. The quantitative estimate of drug-likeness (QED) is 0.836. The number of aromatic nitrogens is 3. The summed E-state index contributed by atoms with van der Waals surface area (Å²) in [4.78, 5) is 12.6. The first kappa shape index (κ1) is 10.5. The minimum Gasteiger partial charge on any atom is -0.383 e. The van der Waals surface area contributed by atoms with Gasteiger partial charge in [-0.25, -0.2) is 19.3 Å². The van der Waals surface area contributed by atoms with Crippen molar-refractivity contribution in [3.8, 4) is 11.5 Å². The molecule has 0 radical (unpaired) electrons. The number of hydrogen-bond donors (Lipinski definition) is 1. The third kappa shape index (κ3) is 1.84. The lowest BCUT2D eigenvalue weighted by molar-refractivity contribution is 0.621. The van der Waals surface area contributed by atoms with Gasteiger partial charge < -0.3 is 5.73 Å². The highest BCUT2D eigenvalue weighted by Gasteiger charge is 2.18. The van der Waals surface area contributed by atoms with Crippen molar-refractivity contribution in [1.29, 1.82) is 0 Å². The number of pyridine rings is 1. The lowest BCUT2D eigenvalue weighted by Crippen LogP contribution is -2.03. The molecule has 0 fully saturated rings. The number of thioether (sulfide) groups is 1. The summed E-state index contributed by atoms with van der Waals surface area (Å²) in [6, 6.07) is 2.89. The van der Waals surface area contributed by atoms with Crippen molar-refractivity contribution >= 4 is 17.6 Å². The fourth-order valence-corrected chi connectivity index (χ4v) is 2.75. The molecule has 1 aliphatic rings. The van der Waals surface area contributed by atoms with Crippen molar-refractivity contribution < 1.29 is 4.39 Å². The van der Waals surface area contributed by atoms with Gasteiger partial charge in [-0.3, -0.25) is 0 Å². The van der Waals surface area contributed by atoms with E-state index in [1.807, 2.05) is 0 Å². The maximum absolute atomic E-state index is 12.8. The van der Waals surface area contributed by atoms with Crippen LogP contribution in [-0.2, 0) is 11.5 Å². The van der Waals surface area contributed by atoms with Crippen LogP contribution in [0.15, 0.2) is 18.3 Å². The number of fused-ring (bicyclic) bond motifs is 1. The largest absolute Gasteiger partial charge is 0.383 e. The first-order valence-corrected chi connectivity index (χ1v) is 6.24. The fraction of sp³-hybridized carbons (Fsp3) is 0.182. The monoisotopic (exact) mass is 248 g/mol. The van der Waals surface area contributed by atoms with E-state index in [1.54, 1.807) is 17.8 Å². The van der Waals surface area contributed by atoms with E-state index in [2.05, 4.69) is 15.0 Å². The Kier molecular flexibility index (Phi) is 2.44. The average Bonchev–Trinajstić information content (AvgIpc) is 2.78. The van der Waals surface area contributed by atoms with Gasteiger partial charge in [0, 0.05) is 17.1 Å². The van der Waals surface area contributed by atoms with Crippen LogP contribution < -0.4 is 5.73 Å². The van der Waals surface area contributed by atoms with Crippen molar-refractivity contribution in [2.24, 2.45) is 0 Å². The van der Waals surface area contributed by atoms with Crippen LogP contribution in [-0.4, -0.2) is 15.0 Å². The highest BCUT2D eigenvalue weighted by atomic mass is 32.2. The Hall–Kier alpha value is -1.69. The molecule has 0 atom stereocenters. The highest BCUT2D eigenvalue weighted by molar-refractivity contribution is 7.98. The van der Waals surface area contributed by atoms with Crippen LogP contribution in [0.1, 0.15) is 11.3 Å². The molecule has 0 saturated carbocycles. The van der Waals surface area contributed by atoms with Crippen LogP contribution in [0.5, 0.6) is 0 Å². The normalized spacial score (nSPS) is 13.7. The Labute approximate surface area is 102 Å². The second-order valence-electron chi connectivity index (χ2n) is 3.71. The summed E-state index contributed by atoms with van der Waals surface area (Å²) in [5.41, 5.74) is 8.39. The molecule has 2 aromatic heterocycles. The number of nitrogen functional groups attached to an aromatic ring is 1. The van der Waals surface area contributed by atoms with E-state index >= 15 is 0 Å². The molecule has 4 nitrogen and oxygen atoms in total. The molecule has 0 spiro atoms. The number of hydrogen-bond acceptors (Lipinski definition) is 5. The molecule has 0 amide bonds. The van der Waals surface area contributed by atoms with Gasteiger partial charge in [0.1, 0.15) is 17.3 Å². The number of anilines is 1. The van der Waals surface area contributed by atoms with Crippen molar-refractivity contribution in [1.82, 2.24) is 15.0 Å². The predicted molar refractivity (Wildman–Crippen MR) is 64.6 cm³/mol. The summed E-state index contributed by atoms with van der Waals surface area (Å²) < 4.78 is 12.8. The van der Waals surface area contributed by atoms with Crippen molar-refractivity contribution in [3.05, 3.63) is 35.4 Å². The van der Waals surface area contributed by atoms with E-state index in [-0.39, 0.29) is 5.82 Å². The highest BCUT2D eigenvalue weighted by Crippen LogP contribution is 2.32. The minimum atomic E-state index is -0.376. The molecule has 0 aromatic carbocycles. The van der Waals surface area contributed by atoms with Gasteiger partial charge in [-0.05, 0) is 12.1 Å². The Bertz CT molecular complexity index is 570. The first-order valence-electron chi connectivity index (χ1n) is 5.09. The van der Waals surface area contributed by atoms with Gasteiger partial charge in [0.05, 0.1) is 11.9 Å². The van der Waals surface area contributed by atoms with E-state index in [4.69, 9.17) is 5.73 Å². The maximum atomic E-state index is 12.8. The van der Waals surface area contributed by atoms with Gasteiger partial charge in [0.25, 0.3) is 0 Å². The minimum absolute atomic E-state index is 0.376. The van der Waals surface area contributed by atoms with Gasteiger partial charge in [-0.1, -0.05) is 0 Å². The molecule has 0 aliphatic carbocycles. The van der Waals surface area contributed by atoms with Crippen molar-refractivity contribution in [2.45, 2.75) is 11.5 Å². The second kappa shape index (κ2) is 3.96. The lowest BCUT2D eigenvalue weighted by atomic mass is 10.2. The molecule has 17 heavy (non-hydrogen) atoms. The van der Waals surface area contributed by atoms with Crippen LogP contribution in [0.25, 0.3) is 11.5 Å². The fourth-order valence-electron chi connectivity index (χ4n) is 1.70. The zero-order valence-corrected chi connectivity index (χ0v) is 9.67. The molecule has 6 heteroatoms. The number of rotatable bonds is 1. The molecule has 3 rings (SSSR count). The van der Waals surface area contributed by atoms with Crippen LogP contribution >= 0.6 is 11.8 Å². The zero-order valence-electron chi connectivity index (χ0n) is 8.85. The van der Waals surface area contributed by atoms with E-state index in [9.17, 15) is 4.39 Å². The summed E-state index contributed by atoms with van der Waals surface area (Å²) in [5.74, 6) is 2.29. The molecule has 1 aliphatic heterocycles. The Morgan fingerprint density at radius 3 is 2.88 bits per heavy atom. The van der Waals surface area contributed by atoms with Crippen LogP contribution in [0.4, 0.5) is 10.2 Å². The zero-order chi connectivity index (χ0) is 11.8. The van der Waals surface area contributed by atoms with Crippen molar-refractivity contribution in [2.75, 3.05) is 5.73 Å². The Morgan fingerprint density at radius 2 is 2.12 bits per heavy atom. The Balaban J connectivity index is 2.10. The Morgan fingerprint density at radius 1 is 1.24 bits per heavy atom. The summed E-state index contributed by atoms with van der Waals surface area (Å²) in [5, 5.41) is 0. The van der Waals surface area contributed by atoms with Gasteiger partial charge in [0.15, 0.2) is 5.82 Å². The van der Waals surface area contributed by atoms with E-state index in [0.717, 1.165) is 29.0 Å². The number of nitrogens with zero attached hydrogens (tertiary/aromatic N) is 3. The molecule has 0 saturated heterocycles. The second-order valence-corrected chi connectivity index (χ2v) is 4.70. The predicted octanol–water partition coefficient (Wildman–Crippen LogP) is 2.01. The molecule has 3 heterocycles. The van der Waals surface area contributed by atoms with Crippen LogP contribution in [0.3, 0.4) is 0 Å². The topological polar surface area (TPSA) is 64.7 Å².